The molecular weight excluding hydrogens is 590 g/mol. The third-order valence-electron chi connectivity index (χ3n) is 7.43. The molecule has 0 aromatic heterocycles. The van der Waals surface area contributed by atoms with Crippen molar-refractivity contribution in [2.24, 2.45) is 0 Å². The van der Waals surface area contributed by atoms with E-state index in [1.54, 1.807) is 18.1 Å². The monoisotopic (exact) mass is 622 g/mol. The molecule has 0 atom stereocenters. The van der Waals surface area contributed by atoms with Crippen molar-refractivity contribution in [2.45, 2.75) is 26.2 Å². The Morgan fingerprint density at radius 2 is 1.34 bits per heavy atom. The maximum Gasteiger partial charge on any atom is 0.416 e. The molecule has 0 saturated carbocycles. The van der Waals surface area contributed by atoms with Crippen molar-refractivity contribution in [3.8, 4) is 5.75 Å². The molecule has 1 saturated heterocycles. The van der Waals surface area contributed by atoms with Gasteiger partial charge in [-0.05, 0) is 62.4 Å². The number of nitrogens with zero attached hydrogens (tertiary/aromatic N) is 3. The first kappa shape index (κ1) is 32.5. The SMILES string of the molecule is CCN(CC)C(=O)c1cc(NC(=O)c2cc(C(F)(F)F)cc(C(F)(F)F)c2)ccc1N1CCN(c2ccccc2OC)CC1. The summed E-state index contributed by atoms with van der Waals surface area (Å²) >= 11 is 0. The Morgan fingerprint density at radius 1 is 0.795 bits per heavy atom. The first-order chi connectivity index (χ1) is 20.8. The number of anilines is 3. The highest BCUT2D eigenvalue weighted by Crippen LogP contribution is 2.37. The summed E-state index contributed by atoms with van der Waals surface area (Å²) < 4.78 is 85.5. The molecule has 236 valence electrons. The van der Waals surface area contributed by atoms with Crippen molar-refractivity contribution in [3.63, 3.8) is 0 Å². The van der Waals surface area contributed by atoms with Crippen LogP contribution in [0.2, 0.25) is 0 Å². The van der Waals surface area contributed by atoms with E-state index >= 15 is 0 Å². The van der Waals surface area contributed by atoms with Gasteiger partial charge < -0.3 is 24.8 Å². The van der Waals surface area contributed by atoms with E-state index in [1.165, 1.54) is 12.1 Å². The van der Waals surface area contributed by atoms with Crippen LogP contribution < -0.4 is 19.9 Å². The molecule has 0 radical (unpaired) electrons. The smallest absolute Gasteiger partial charge is 0.416 e. The largest absolute Gasteiger partial charge is 0.495 e. The van der Waals surface area contributed by atoms with E-state index in [9.17, 15) is 35.9 Å². The van der Waals surface area contributed by atoms with Crippen LogP contribution in [0.3, 0.4) is 0 Å². The number of methoxy groups -OCH3 is 1. The zero-order valence-corrected chi connectivity index (χ0v) is 24.4. The number of benzene rings is 3. The fourth-order valence-electron chi connectivity index (χ4n) is 5.11. The summed E-state index contributed by atoms with van der Waals surface area (Å²) in [6.07, 6.45) is -10.2. The van der Waals surface area contributed by atoms with Gasteiger partial charge in [-0.1, -0.05) is 12.1 Å². The molecule has 3 aromatic carbocycles. The van der Waals surface area contributed by atoms with Gasteiger partial charge in [0.25, 0.3) is 11.8 Å². The standard InChI is InChI=1S/C31H32F6N4O3/c1-4-39(5-2)29(43)24-19-23(38-28(42)20-16-21(30(32,33)34)18-22(17-20)31(35,36)37)10-11-25(24)40-12-14-41(15-13-40)26-8-6-7-9-27(26)44-3/h6-11,16-19H,4-5,12-15H2,1-3H3,(H,38,42). The minimum atomic E-state index is -5.10. The Labute approximate surface area is 251 Å². The predicted molar refractivity (Wildman–Crippen MR) is 156 cm³/mol. The van der Waals surface area contributed by atoms with Crippen LogP contribution in [0, 0.1) is 0 Å². The van der Waals surface area contributed by atoms with Gasteiger partial charge in [-0.15, -0.1) is 0 Å². The molecule has 3 aromatic rings. The number of halogens is 6. The van der Waals surface area contributed by atoms with E-state index in [0.29, 0.717) is 57.1 Å². The molecule has 1 aliphatic rings. The Balaban J connectivity index is 1.63. The summed E-state index contributed by atoms with van der Waals surface area (Å²) in [5, 5.41) is 2.37. The van der Waals surface area contributed by atoms with E-state index in [-0.39, 0.29) is 23.2 Å². The summed E-state index contributed by atoms with van der Waals surface area (Å²) in [6.45, 7) is 6.76. The molecule has 1 fully saturated rings. The van der Waals surface area contributed by atoms with Crippen molar-refractivity contribution in [2.75, 3.05) is 61.5 Å². The van der Waals surface area contributed by atoms with Crippen molar-refractivity contribution < 1.29 is 40.7 Å². The van der Waals surface area contributed by atoms with Crippen molar-refractivity contribution in [1.29, 1.82) is 0 Å². The highest BCUT2D eigenvalue weighted by molar-refractivity contribution is 6.06. The molecule has 7 nitrogen and oxygen atoms in total. The van der Waals surface area contributed by atoms with Crippen molar-refractivity contribution >= 4 is 28.9 Å². The fourth-order valence-corrected chi connectivity index (χ4v) is 5.11. The quantitative estimate of drug-likeness (QED) is 0.280. The molecule has 1 N–H and O–H groups in total. The van der Waals surface area contributed by atoms with Gasteiger partial charge in [0.2, 0.25) is 0 Å². The molecule has 2 amide bonds. The van der Waals surface area contributed by atoms with Crippen LogP contribution in [0.5, 0.6) is 5.75 Å². The predicted octanol–water partition coefficient (Wildman–Crippen LogP) is 6.79. The second-order valence-corrected chi connectivity index (χ2v) is 10.1. The van der Waals surface area contributed by atoms with Crippen LogP contribution in [-0.2, 0) is 12.4 Å². The number of rotatable bonds is 8. The number of hydrogen-bond donors (Lipinski definition) is 1. The maximum atomic E-state index is 13.6. The molecule has 0 spiro atoms. The van der Waals surface area contributed by atoms with E-state index in [2.05, 4.69) is 10.2 Å². The number of para-hydroxylation sites is 2. The molecule has 4 rings (SSSR count). The Morgan fingerprint density at radius 3 is 1.86 bits per heavy atom. The molecule has 0 aliphatic carbocycles. The highest BCUT2D eigenvalue weighted by Gasteiger charge is 2.37. The van der Waals surface area contributed by atoms with Gasteiger partial charge in [0.15, 0.2) is 0 Å². The number of piperazine rings is 1. The van der Waals surface area contributed by atoms with Crippen LogP contribution >= 0.6 is 0 Å². The van der Waals surface area contributed by atoms with Gasteiger partial charge in [0, 0.05) is 56.2 Å². The minimum absolute atomic E-state index is 0.0416. The summed E-state index contributed by atoms with van der Waals surface area (Å²) in [7, 11) is 1.60. The number of carbonyl (C=O) groups excluding carboxylic acids is 2. The maximum absolute atomic E-state index is 13.6. The average molecular weight is 623 g/mol. The zero-order valence-electron chi connectivity index (χ0n) is 24.4. The lowest BCUT2D eigenvalue weighted by Crippen LogP contribution is -2.47. The normalized spacial score (nSPS) is 13.9. The summed E-state index contributed by atoms with van der Waals surface area (Å²) in [5.74, 6) is -0.769. The first-order valence-electron chi connectivity index (χ1n) is 13.9. The Bertz CT molecular complexity index is 1460. The zero-order chi connectivity index (χ0) is 32.2. The second kappa shape index (κ2) is 13.1. The van der Waals surface area contributed by atoms with E-state index in [0.717, 1.165) is 11.4 Å². The number of amides is 2. The first-order valence-corrected chi connectivity index (χ1v) is 13.9. The van der Waals surface area contributed by atoms with Gasteiger partial charge in [0.05, 0.1) is 29.5 Å². The summed E-state index contributed by atoms with van der Waals surface area (Å²) in [5.41, 5.74) is -2.19. The van der Waals surface area contributed by atoms with Gasteiger partial charge in [0.1, 0.15) is 5.75 Å². The topological polar surface area (TPSA) is 65.1 Å². The van der Waals surface area contributed by atoms with Crippen LogP contribution in [0.4, 0.5) is 43.4 Å². The number of ether oxygens (including phenoxy) is 1. The van der Waals surface area contributed by atoms with Crippen LogP contribution in [-0.4, -0.2) is 63.1 Å². The molecular formula is C31H32F6N4O3. The molecule has 0 bridgehead atoms. The number of carbonyl (C=O) groups is 2. The van der Waals surface area contributed by atoms with Gasteiger partial charge in [-0.25, -0.2) is 0 Å². The van der Waals surface area contributed by atoms with Crippen molar-refractivity contribution in [1.82, 2.24) is 4.90 Å². The lowest BCUT2D eigenvalue weighted by atomic mass is 10.0. The van der Waals surface area contributed by atoms with Crippen LogP contribution in [0.25, 0.3) is 0 Å². The minimum Gasteiger partial charge on any atom is -0.495 e. The average Bonchev–Trinajstić information content (AvgIpc) is 3.00. The number of alkyl halides is 6. The third-order valence-corrected chi connectivity index (χ3v) is 7.43. The molecule has 13 heteroatoms. The van der Waals surface area contributed by atoms with Gasteiger partial charge in [-0.2, -0.15) is 26.3 Å². The molecule has 44 heavy (non-hydrogen) atoms. The second-order valence-electron chi connectivity index (χ2n) is 10.1. The Kier molecular flexibility index (Phi) is 9.65. The summed E-state index contributed by atoms with van der Waals surface area (Å²) in [6, 6.07) is 12.8. The van der Waals surface area contributed by atoms with E-state index in [1.807, 2.05) is 43.0 Å². The number of nitrogens with one attached hydrogen (secondary N) is 1. The fraction of sp³-hybridized carbons (Fsp3) is 0.355. The third kappa shape index (κ3) is 7.20. The van der Waals surface area contributed by atoms with E-state index in [4.69, 9.17) is 4.74 Å². The number of hydrogen-bond acceptors (Lipinski definition) is 5. The van der Waals surface area contributed by atoms with Crippen LogP contribution in [0.15, 0.2) is 60.7 Å². The molecule has 1 heterocycles. The Hall–Kier alpha value is -4.42. The van der Waals surface area contributed by atoms with Gasteiger partial charge >= 0.3 is 12.4 Å². The lowest BCUT2D eigenvalue weighted by molar-refractivity contribution is -0.143. The molecule has 0 unspecified atom stereocenters. The summed E-state index contributed by atoms with van der Waals surface area (Å²) in [4.78, 5) is 32.3. The highest BCUT2D eigenvalue weighted by atomic mass is 19.4. The van der Waals surface area contributed by atoms with Gasteiger partial charge in [-0.3, -0.25) is 9.59 Å². The lowest BCUT2D eigenvalue weighted by Gasteiger charge is -2.38. The van der Waals surface area contributed by atoms with Crippen LogP contribution in [0.1, 0.15) is 45.7 Å². The van der Waals surface area contributed by atoms with Crippen molar-refractivity contribution in [3.05, 3.63) is 82.9 Å². The molecule has 1 aliphatic heterocycles. The van der Waals surface area contributed by atoms with E-state index < -0.39 is 35.0 Å².